The van der Waals surface area contributed by atoms with Crippen LogP contribution < -0.4 is 5.32 Å². The van der Waals surface area contributed by atoms with Crippen molar-refractivity contribution in [2.75, 3.05) is 13.2 Å². The highest BCUT2D eigenvalue weighted by Crippen LogP contribution is 2.18. The first kappa shape index (κ1) is 10.5. The summed E-state index contributed by atoms with van der Waals surface area (Å²) in [5.41, 5.74) is 0.790. The molecular weight excluding hydrogens is 195 g/mol. The zero-order valence-corrected chi connectivity index (χ0v) is 8.74. The largest absolute Gasteiger partial charge is 0.369 e. The van der Waals surface area contributed by atoms with Crippen LogP contribution in [0.3, 0.4) is 0 Å². The van der Waals surface area contributed by atoms with Crippen LogP contribution in [0.5, 0.6) is 0 Å². The molecule has 1 aromatic heterocycles. The van der Waals surface area contributed by atoms with E-state index in [4.69, 9.17) is 4.74 Å². The van der Waals surface area contributed by atoms with Gasteiger partial charge in [0.15, 0.2) is 0 Å². The highest BCUT2D eigenvalue weighted by Gasteiger charge is 2.21. The Hall–Kier alpha value is -1.00. The molecule has 0 bridgehead atoms. The first-order chi connectivity index (χ1) is 7.29. The Morgan fingerprint density at radius 3 is 3.00 bits per heavy atom. The molecule has 2 rings (SSSR count). The summed E-state index contributed by atoms with van der Waals surface area (Å²) in [6, 6.07) is 3.52. The molecular formula is C11H15FN2O. The van der Waals surface area contributed by atoms with Crippen molar-refractivity contribution >= 4 is 0 Å². The van der Waals surface area contributed by atoms with E-state index in [-0.39, 0.29) is 11.9 Å². The summed E-state index contributed by atoms with van der Waals surface area (Å²) in [6.07, 6.45) is 2.24. The molecule has 0 saturated carbocycles. The Balaban J connectivity index is 1.98. The molecule has 0 spiro atoms. The lowest BCUT2D eigenvalue weighted by Gasteiger charge is -2.29. The van der Waals surface area contributed by atoms with E-state index in [1.165, 1.54) is 12.3 Å². The van der Waals surface area contributed by atoms with Gasteiger partial charge in [0, 0.05) is 12.6 Å². The molecule has 4 heteroatoms. The molecule has 2 heterocycles. The average molecular weight is 210 g/mol. The van der Waals surface area contributed by atoms with E-state index in [9.17, 15) is 4.39 Å². The molecule has 0 radical (unpaired) electrons. The number of aromatic nitrogens is 1. The maximum absolute atomic E-state index is 12.7. The highest BCUT2D eigenvalue weighted by molar-refractivity contribution is 5.09. The molecule has 1 aliphatic heterocycles. The van der Waals surface area contributed by atoms with Gasteiger partial charge in [-0.1, -0.05) is 6.92 Å². The summed E-state index contributed by atoms with van der Waals surface area (Å²) >= 11 is 0. The summed E-state index contributed by atoms with van der Waals surface area (Å²) in [5, 5.41) is 3.37. The predicted molar refractivity (Wildman–Crippen MR) is 55.0 cm³/mol. The monoisotopic (exact) mass is 210 g/mol. The molecule has 1 saturated heterocycles. The van der Waals surface area contributed by atoms with Gasteiger partial charge in [0.25, 0.3) is 0 Å². The van der Waals surface area contributed by atoms with Crippen molar-refractivity contribution in [1.29, 1.82) is 0 Å². The van der Waals surface area contributed by atoms with E-state index in [1.54, 1.807) is 6.07 Å². The maximum Gasteiger partial charge on any atom is 0.141 e. The lowest BCUT2D eigenvalue weighted by Crippen LogP contribution is -2.42. The Labute approximate surface area is 88.7 Å². The van der Waals surface area contributed by atoms with Gasteiger partial charge in [-0.05, 0) is 18.6 Å². The SMILES string of the molecule is CCC1COC(c2ccc(F)cn2)CN1. The summed E-state index contributed by atoms with van der Waals surface area (Å²) in [6.45, 7) is 3.56. The molecule has 0 aromatic carbocycles. The van der Waals surface area contributed by atoms with Crippen LogP contribution in [0.25, 0.3) is 0 Å². The fourth-order valence-corrected chi connectivity index (χ4v) is 1.65. The van der Waals surface area contributed by atoms with Gasteiger partial charge in [0.05, 0.1) is 18.5 Å². The van der Waals surface area contributed by atoms with E-state index < -0.39 is 0 Å². The fourth-order valence-electron chi connectivity index (χ4n) is 1.65. The molecule has 15 heavy (non-hydrogen) atoms. The van der Waals surface area contributed by atoms with Crippen LogP contribution in [0.1, 0.15) is 25.1 Å². The quantitative estimate of drug-likeness (QED) is 0.806. The van der Waals surface area contributed by atoms with Crippen molar-refractivity contribution in [3.05, 3.63) is 29.8 Å². The molecule has 1 N–H and O–H groups in total. The van der Waals surface area contributed by atoms with Crippen LogP contribution in [-0.4, -0.2) is 24.2 Å². The molecule has 82 valence electrons. The van der Waals surface area contributed by atoms with Crippen LogP contribution >= 0.6 is 0 Å². The summed E-state index contributed by atoms with van der Waals surface area (Å²) < 4.78 is 18.3. The van der Waals surface area contributed by atoms with Crippen LogP contribution in [0, 0.1) is 5.82 Å². The van der Waals surface area contributed by atoms with Crippen molar-refractivity contribution in [2.24, 2.45) is 0 Å². The van der Waals surface area contributed by atoms with Crippen molar-refractivity contribution in [3.8, 4) is 0 Å². The van der Waals surface area contributed by atoms with Crippen molar-refractivity contribution < 1.29 is 9.13 Å². The maximum atomic E-state index is 12.7. The van der Waals surface area contributed by atoms with Gasteiger partial charge in [-0.3, -0.25) is 4.98 Å². The highest BCUT2D eigenvalue weighted by atomic mass is 19.1. The second kappa shape index (κ2) is 4.68. The Morgan fingerprint density at radius 2 is 2.47 bits per heavy atom. The van der Waals surface area contributed by atoms with Gasteiger partial charge in [0.1, 0.15) is 11.9 Å². The molecule has 1 fully saturated rings. The summed E-state index contributed by atoms with van der Waals surface area (Å²) in [5.74, 6) is -0.311. The zero-order chi connectivity index (χ0) is 10.7. The van der Waals surface area contributed by atoms with Crippen molar-refractivity contribution in [2.45, 2.75) is 25.5 Å². The first-order valence-corrected chi connectivity index (χ1v) is 5.26. The predicted octanol–water partition coefficient (Wildman–Crippen LogP) is 1.66. The molecule has 2 unspecified atom stereocenters. The van der Waals surface area contributed by atoms with Gasteiger partial charge >= 0.3 is 0 Å². The zero-order valence-electron chi connectivity index (χ0n) is 8.74. The number of nitrogens with one attached hydrogen (secondary N) is 1. The van der Waals surface area contributed by atoms with E-state index in [1.807, 2.05) is 0 Å². The Kier molecular flexibility index (Phi) is 3.28. The standard InChI is InChI=1S/C11H15FN2O/c1-2-9-7-15-11(6-13-9)10-4-3-8(12)5-14-10/h3-5,9,11,13H,2,6-7H2,1H3. The number of ether oxygens (including phenoxy) is 1. The van der Waals surface area contributed by atoms with Gasteiger partial charge in [-0.2, -0.15) is 0 Å². The fraction of sp³-hybridized carbons (Fsp3) is 0.545. The number of hydrogen-bond acceptors (Lipinski definition) is 3. The average Bonchev–Trinajstić information content (AvgIpc) is 2.30. The Morgan fingerprint density at radius 1 is 1.60 bits per heavy atom. The second-order valence-electron chi connectivity index (χ2n) is 3.74. The minimum atomic E-state index is -0.311. The van der Waals surface area contributed by atoms with Crippen molar-refractivity contribution in [1.82, 2.24) is 10.3 Å². The third kappa shape index (κ3) is 2.52. The molecule has 0 aliphatic carbocycles. The normalized spacial score (nSPS) is 26.5. The molecule has 2 atom stereocenters. The summed E-state index contributed by atoms with van der Waals surface area (Å²) in [7, 11) is 0. The van der Waals surface area contributed by atoms with E-state index in [2.05, 4.69) is 17.2 Å². The van der Waals surface area contributed by atoms with Crippen LogP contribution in [0.4, 0.5) is 4.39 Å². The van der Waals surface area contributed by atoms with Crippen molar-refractivity contribution in [3.63, 3.8) is 0 Å². The van der Waals surface area contributed by atoms with E-state index >= 15 is 0 Å². The minimum absolute atomic E-state index is 0.0478. The number of morpholine rings is 1. The van der Waals surface area contributed by atoms with Crippen LogP contribution in [0.2, 0.25) is 0 Å². The smallest absolute Gasteiger partial charge is 0.141 e. The first-order valence-electron chi connectivity index (χ1n) is 5.26. The number of rotatable bonds is 2. The third-order valence-corrected chi connectivity index (χ3v) is 2.66. The van der Waals surface area contributed by atoms with E-state index in [0.717, 1.165) is 18.7 Å². The van der Waals surface area contributed by atoms with Gasteiger partial charge < -0.3 is 10.1 Å². The molecule has 0 amide bonds. The van der Waals surface area contributed by atoms with E-state index in [0.29, 0.717) is 12.6 Å². The topological polar surface area (TPSA) is 34.1 Å². The third-order valence-electron chi connectivity index (χ3n) is 2.66. The summed E-state index contributed by atoms with van der Waals surface area (Å²) in [4.78, 5) is 4.01. The lowest BCUT2D eigenvalue weighted by molar-refractivity contribution is -0.000179. The number of halogens is 1. The molecule has 3 nitrogen and oxygen atoms in total. The van der Waals surface area contributed by atoms with Gasteiger partial charge in [-0.25, -0.2) is 4.39 Å². The number of hydrogen-bond donors (Lipinski definition) is 1. The van der Waals surface area contributed by atoms with Crippen LogP contribution in [-0.2, 0) is 4.74 Å². The molecule has 1 aliphatic rings. The second-order valence-corrected chi connectivity index (χ2v) is 3.74. The van der Waals surface area contributed by atoms with Gasteiger partial charge in [0.2, 0.25) is 0 Å². The number of pyridine rings is 1. The van der Waals surface area contributed by atoms with Gasteiger partial charge in [-0.15, -0.1) is 0 Å². The minimum Gasteiger partial charge on any atom is -0.369 e. The molecule has 1 aromatic rings. The van der Waals surface area contributed by atoms with Crippen LogP contribution in [0.15, 0.2) is 18.3 Å². The number of nitrogens with zero attached hydrogens (tertiary/aromatic N) is 1. The lowest BCUT2D eigenvalue weighted by atomic mass is 10.1. The Bertz CT molecular complexity index is 307.